The Labute approximate surface area is 100 Å². The second kappa shape index (κ2) is 5.03. The van der Waals surface area contributed by atoms with Crippen molar-refractivity contribution in [2.24, 2.45) is 5.92 Å². The van der Waals surface area contributed by atoms with Gasteiger partial charge >= 0.3 is 0 Å². The highest BCUT2D eigenvalue weighted by atomic mass is 15.3. The van der Waals surface area contributed by atoms with Gasteiger partial charge in [0, 0.05) is 31.7 Å². The van der Waals surface area contributed by atoms with E-state index in [1.807, 2.05) is 0 Å². The van der Waals surface area contributed by atoms with Crippen LogP contribution in [0, 0.1) is 5.92 Å². The highest BCUT2D eigenvalue weighted by molar-refractivity contribution is 4.92. The molecule has 94 valence electrons. The van der Waals surface area contributed by atoms with E-state index in [1.54, 1.807) is 0 Å². The Bertz CT molecular complexity index is 207. The average Bonchev–Trinajstić information content (AvgIpc) is 2.25. The molecule has 0 aromatic heterocycles. The molecule has 2 saturated heterocycles. The zero-order chi connectivity index (χ0) is 11.7. The SMILES string of the molecule is C[C@@H]1CCN(C)C(C2CN(C)CCN2C)C1. The van der Waals surface area contributed by atoms with Gasteiger partial charge in [-0.25, -0.2) is 0 Å². The van der Waals surface area contributed by atoms with Crippen LogP contribution in [0.15, 0.2) is 0 Å². The van der Waals surface area contributed by atoms with Crippen LogP contribution in [0.5, 0.6) is 0 Å². The topological polar surface area (TPSA) is 9.72 Å². The maximum Gasteiger partial charge on any atom is 0.0376 e. The first kappa shape index (κ1) is 12.3. The minimum atomic E-state index is 0.728. The van der Waals surface area contributed by atoms with Gasteiger partial charge in [0.2, 0.25) is 0 Å². The maximum absolute atomic E-state index is 2.58. The Kier molecular flexibility index (Phi) is 3.88. The Morgan fingerprint density at radius 1 is 0.875 bits per heavy atom. The van der Waals surface area contributed by atoms with Gasteiger partial charge in [-0.2, -0.15) is 0 Å². The molecule has 3 atom stereocenters. The second-order valence-electron chi connectivity index (χ2n) is 5.99. The summed E-state index contributed by atoms with van der Waals surface area (Å²) in [6.07, 6.45) is 2.75. The highest BCUT2D eigenvalue weighted by Crippen LogP contribution is 2.26. The molecule has 2 fully saturated rings. The number of piperidine rings is 1. The molecular weight excluding hydrogens is 198 g/mol. The summed E-state index contributed by atoms with van der Waals surface area (Å²) in [6, 6.07) is 1.49. The average molecular weight is 225 g/mol. The minimum absolute atomic E-state index is 0.728. The summed E-state index contributed by atoms with van der Waals surface area (Å²) in [5, 5.41) is 0. The van der Waals surface area contributed by atoms with E-state index in [1.165, 1.54) is 39.0 Å². The van der Waals surface area contributed by atoms with Crippen molar-refractivity contribution < 1.29 is 0 Å². The molecule has 3 nitrogen and oxygen atoms in total. The molecule has 0 spiro atoms. The van der Waals surface area contributed by atoms with Gasteiger partial charge in [0.1, 0.15) is 0 Å². The van der Waals surface area contributed by atoms with Gasteiger partial charge in [0.05, 0.1) is 0 Å². The van der Waals surface area contributed by atoms with Crippen LogP contribution >= 0.6 is 0 Å². The molecule has 0 radical (unpaired) electrons. The molecule has 2 unspecified atom stereocenters. The van der Waals surface area contributed by atoms with Crippen LogP contribution in [0.3, 0.4) is 0 Å². The van der Waals surface area contributed by atoms with Gasteiger partial charge in [0.15, 0.2) is 0 Å². The van der Waals surface area contributed by atoms with Crippen LogP contribution in [-0.2, 0) is 0 Å². The van der Waals surface area contributed by atoms with Crippen LogP contribution in [-0.4, -0.2) is 74.1 Å². The number of piperazine rings is 1. The summed E-state index contributed by atoms with van der Waals surface area (Å²) in [5.74, 6) is 0.904. The summed E-state index contributed by atoms with van der Waals surface area (Å²) >= 11 is 0. The largest absolute Gasteiger partial charge is 0.303 e. The third kappa shape index (κ3) is 2.58. The van der Waals surface area contributed by atoms with E-state index in [-0.39, 0.29) is 0 Å². The van der Waals surface area contributed by atoms with Crippen molar-refractivity contribution in [2.75, 3.05) is 47.3 Å². The lowest BCUT2D eigenvalue weighted by molar-refractivity contribution is 0.0207. The van der Waals surface area contributed by atoms with E-state index in [2.05, 4.69) is 42.8 Å². The first-order valence-electron chi connectivity index (χ1n) is 6.67. The summed E-state index contributed by atoms with van der Waals surface area (Å²) < 4.78 is 0. The van der Waals surface area contributed by atoms with Crippen LogP contribution in [0.25, 0.3) is 0 Å². The number of hydrogen-bond donors (Lipinski definition) is 0. The number of likely N-dealkylation sites (tertiary alicyclic amines) is 1. The lowest BCUT2D eigenvalue weighted by Crippen LogP contribution is -2.60. The van der Waals surface area contributed by atoms with Crippen molar-refractivity contribution in [3.05, 3.63) is 0 Å². The van der Waals surface area contributed by atoms with Crippen molar-refractivity contribution in [3.63, 3.8) is 0 Å². The first-order valence-corrected chi connectivity index (χ1v) is 6.67. The van der Waals surface area contributed by atoms with Gasteiger partial charge in [-0.05, 0) is 46.4 Å². The molecule has 2 aliphatic rings. The molecular formula is C13H27N3. The predicted octanol–water partition coefficient (Wildman–Crippen LogP) is 0.963. The van der Waals surface area contributed by atoms with Crippen molar-refractivity contribution in [2.45, 2.75) is 31.8 Å². The molecule has 3 heteroatoms. The maximum atomic E-state index is 2.58. The number of hydrogen-bond acceptors (Lipinski definition) is 3. The molecule has 0 amide bonds. The lowest BCUT2D eigenvalue weighted by Gasteiger charge is -2.47. The smallest absolute Gasteiger partial charge is 0.0376 e. The second-order valence-corrected chi connectivity index (χ2v) is 5.99. The molecule has 0 aromatic rings. The fourth-order valence-corrected chi connectivity index (χ4v) is 3.21. The van der Waals surface area contributed by atoms with E-state index in [0.29, 0.717) is 0 Å². The fourth-order valence-electron chi connectivity index (χ4n) is 3.21. The number of rotatable bonds is 1. The predicted molar refractivity (Wildman–Crippen MR) is 68.7 cm³/mol. The van der Waals surface area contributed by atoms with E-state index in [9.17, 15) is 0 Å². The molecule has 2 heterocycles. The van der Waals surface area contributed by atoms with Crippen LogP contribution in [0.1, 0.15) is 19.8 Å². The molecule has 16 heavy (non-hydrogen) atoms. The first-order chi connectivity index (χ1) is 7.58. The van der Waals surface area contributed by atoms with Crippen LogP contribution in [0.2, 0.25) is 0 Å². The quantitative estimate of drug-likeness (QED) is 0.658. The van der Waals surface area contributed by atoms with Gasteiger partial charge < -0.3 is 9.80 Å². The third-order valence-corrected chi connectivity index (χ3v) is 4.53. The molecule has 0 aliphatic carbocycles. The van der Waals surface area contributed by atoms with Gasteiger partial charge in [0.25, 0.3) is 0 Å². The van der Waals surface area contributed by atoms with Crippen molar-refractivity contribution in [1.82, 2.24) is 14.7 Å². The zero-order valence-corrected chi connectivity index (χ0v) is 11.3. The molecule has 0 aromatic carbocycles. The Hall–Kier alpha value is -0.120. The van der Waals surface area contributed by atoms with Crippen molar-refractivity contribution >= 4 is 0 Å². The lowest BCUT2D eigenvalue weighted by atomic mass is 9.87. The molecule has 0 saturated carbocycles. The van der Waals surface area contributed by atoms with Crippen LogP contribution < -0.4 is 0 Å². The Balaban J connectivity index is 2.02. The highest BCUT2D eigenvalue weighted by Gasteiger charge is 2.35. The van der Waals surface area contributed by atoms with E-state index in [0.717, 1.165) is 18.0 Å². The van der Waals surface area contributed by atoms with Crippen molar-refractivity contribution in [1.29, 1.82) is 0 Å². The molecule has 2 rings (SSSR count). The standard InChI is InChI=1S/C13H27N3/c1-11-5-6-15(3)12(9-11)13-10-14(2)7-8-16(13)4/h11-13H,5-10H2,1-4H3/t11-,12?,13?/m1/s1. The molecule has 2 aliphatic heterocycles. The van der Waals surface area contributed by atoms with E-state index in [4.69, 9.17) is 0 Å². The summed E-state index contributed by atoms with van der Waals surface area (Å²) in [5.41, 5.74) is 0. The summed E-state index contributed by atoms with van der Waals surface area (Å²) in [4.78, 5) is 7.64. The third-order valence-electron chi connectivity index (χ3n) is 4.53. The van der Waals surface area contributed by atoms with Gasteiger partial charge in [-0.15, -0.1) is 0 Å². The monoisotopic (exact) mass is 225 g/mol. The van der Waals surface area contributed by atoms with E-state index < -0.39 is 0 Å². The minimum Gasteiger partial charge on any atom is -0.303 e. The summed E-state index contributed by atoms with van der Waals surface area (Å²) in [7, 11) is 6.86. The van der Waals surface area contributed by atoms with Crippen LogP contribution in [0.4, 0.5) is 0 Å². The zero-order valence-electron chi connectivity index (χ0n) is 11.3. The Morgan fingerprint density at radius 3 is 2.31 bits per heavy atom. The van der Waals surface area contributed by atoms with Gasteiger partial charge in [-0.1, -0.05) is 6.92 Å². The fraction of sp³-hybridized carbons (Fsp3) is 1.00. The van der Waals surface area contributed by atoms with Crippen molar-refractivity contribution in [3.8, 4) is 0 Å². The molecule has 0 bridgehead atoms. The number of nitrogens with zero attached hydrogens (tertiary/aromatic N) is 3. The van der Waals surface area contributed by atoms with Gasteiger partial charge in [-0.3, -0.25) is 4.90 Å². The molecule has 0 N–H and O–H groups in total. The number of likely N-dealkylation sites (N-methyl/N-ethyl adjacent to an activating group) is 3. The van der Waals surface area contributed by atoms with E-state index >= 15 is 0 Å². The Morgan fingerprint density at radius 2 is 1.56 bits per heavy atom. The normalized spacial score (nSPS) is 40.1. The summed E-state index contributed by atoms with van der Waals surface area (Å²) in [6.45, 7) is 7.36.